The van der Waals surface area contributed by atoms with Gasteiger partial charge in [-0.15, -0.1) is 0 Å². The zero-order valence-electron chi connectivity index (χ0n) is 14.6. The van der Waals surface area contributed by atoms with Crippen LogP contribution in [-0.2, 0) is 4.79 Å². The molecule has 0 aliphatic carbocycles. The number of halogens is 1. The van der Waals surface area contributed by atoms with E-state index in [0.717, 1.165) is 26.2 Å². The van der Waals surface area contributed by atoms with Gasteiger partial charge in [0, 0.05) is 44.8 Å². The molecule has 1 aliphatic rings. The van der Waals surface area contributed by atoms with Gasteiger partial charge in [0.05, 0.1) is 6.21 Å². The first-order valence-electron chi connectivity index (χ1n) is 8.80. The standard InChI is InChI=1S/C20H23FN4O/c21-18-6-4-5-17(15-18)16-22-23-20(26)9-10-24-11-13-25(14-12-24)19-7-2-1-3-8-19/h1-8,15-16H,9-14H2,(H,23,26). The Labute approximate surface area is 153 Å². The van der Waals surface area contributed by atoms with Crippen molar-refractivity contribution in [3.05, 3.63) is 66.0 Å². The average molecular weight is 354 g/mol. The van der Waals surface area contributed by atoms with E-state index in [0.29, 0.717) is 18.5 Å². The highest BCUT2D eigenvalue weighted by Crippen LogP contribution is 2.15. The maximum Gasteiger partial charge on any atom is 0.241 e. The van der Waals surface area contributed by atoms with Gasteiger partial charge in [0.2, 0.25) is 5.91 Å². The molecule has 0 atom stereocenters. The van der Waals surface area contributed by atoms with Gasteiger partial charge in [0.1, 0.15) is 5.82 Å². The average Bonchev–Trinajstić information content (AvgIpc) is 2.68. The molecule has 3 rings (SSSR count). The van der Waals surface area contributed by atoms with Crippen LogP contribution in [0.3, 0.4) is 0 Å². The maximum absolute atomic E-state index is 13.1. The molecule has 0 unspecified atom stereocenters. The molecule has 0 bridgehead atoms. The molecule has 0 radical (unpaired) electrons. The number of carbonyl (C=O) groups is 1. The van der Waals surface area contributed by atoms with Crippen LogP contribution in [0, 0.1) is 5.82 Å². The van der Waals surface area contributed by atoms with Gasteiger partial charge in [-0.2, -0.15) is 5.10 Å². The Morgan fingerprint density at radius 2 is 1.85 bits per heavy atom. The second kappa shape index (κ2) is 9.10. The summed E-state index contributed by atoms with van der Waals surface area (Å²) < 4.78 is 13.1. The van der Waals surface area contributed by atoms with Gasteiger partial charge in [-0.05, 0) is 29.8 Å². The van der Waals surface area contributed by atoms with Crippen molar-refractivity contribution < 1.29 is 9.18 Å². The first-order valence-corrected chi connectivity index (χ1v) is 8.80. The van der Waals surface area contributed by atoms with E-state index in [2.05, 4.69) is 44.6 Å². The minimum Gasteiger partial charge on any atom is -0.369 e. The third kappa shape index (κ3) is 5.39. The fourth-order valence-electron chi connectivity index (χ4n) is 2.95. The molecule has 2 aromatic carbocycles. The monoisotopic (exact) mass is 354 g/mol. The van der Waals surface area contributed by atoms with Crippen molar-refractivity contribution in [3.8, 4) is 0 Å². The van der Waals surface area contributed by atoms with E-state index in [1.807, 2.05) is 6.07 Å². The zero-order valence-corrected chi connectivity index (χ0v) is 14.6. The second-order valence-electron chi connectivity index (χ2n) is 6.26. The molecule has 0 spiro atoms. The number of hydrazone groups is 1. The van der Waals surface area contributed by atoms with Crippen molar-refractivity contribution in [2.24, 2.45) is 5.10 Å². The molecule has 2 aromatic rings. The number of benzene rings is 2. The van der Waals surface area contributed by atoms with Gasteiger partial charge in [-0.1, -0.05) is 30.3 Å². The van der Waals surface area contributed by atoms with Gasteiger partial charge < -0.3 is 4.90 Å². The first kappa shape index (κ1) is 18.1. The summed E-state index contributed by atoms with van der Waals surface area (Å²) in [5.74, 6) is -0.460. The summed E-state index contributed by atoms with van der Waals surface area (Å²) in [4.78, 5) is 16.5. The SMILES string of the molecule is O=C(CCN1CCN(c2ccccc2)CC1)NN=Cc1cccc(F)c1. The molecule has 5 nitrogen and oxygen atoms in total. The van der Waals surface area contributed by atoms with E-state index in [1.54, 1.807) is 12.1 Å². The first-order chi connectivity index (χ1) is 12.7. The van der Waals surface area contributed by atoms with Crippen molar-refractivity contribution in [2.75, 3.05) is 37.6 Å². The van der Waals surface area contributed by atoms with E-state index in [1.165, 1.54) is 24.0 Å². The Morgan fingerprint density at radius 3 is 2.58 bits per heavy atom. The minimum atomic E-state index is -0.324. The lowest BCUT2D eigenvalue weighted by atomic mass is 10.2. The van der Waals surface area contributed by atoms with Crippen LogP contribution >= 0.6 is 0 Å². The zero-order chi connectivity index (χ0) is 18.2. The van der Waals surface area contributed by atoms with E-state index in [9.17, 15) is 9.18 Å². The summed E-state index contributed by atoms with van der Waals surface area (Å²) >= 11 is 0. The van der Waals surface area contributed by atoms with Crippen molar-refractivity contribution in [1.82, 2.24) is 10.3 Å². The molecular formula is C20H23FN4O. The predicted molar refractivity (Wildman–Crippen MR) is 102 cm³/mol. The topological polar surface area (TPSA) is 47.9 Å². The van der Waals surface area contributed by atoms with E-state index < -0.39 is 0 Å². The molecule has 1 amide bonds. The number of carbonyl (C=O) groups excluding carboxylic acids is 1. The third-order valence-electron chi connectivity index (χ3n) is 4.40. The molecule has 6 heteroatoms. The van der Waals surface area contributed by atoms with Gasteiger partial charge in [-0.3, -0.25) is 9.69 Å². The summed E-state index contributed by atoms with van der Waals surface area (Å²) in [6, 6.07) is 16.4. The Morgan fingerprint density at radius 1 is 1.08 bits per heavy atom. The highest BCUT2D eigenvalue weighted by Gasteiger charge is 2.17. The molecule has 1 aliphatic heterocycles. The Balaban J connectivity index is 1.36. The van der Waals surface area contributed by atoms with Crippen molar-refractivity contribution in [3.63, 3.8) is 0 Å². The van der Waals surface area contributed by atoms with E-state index in [-0.39, 0.29) is 11.7 Å². The fraction of sp³-hybridized carbons (Fsp3) is 0.300. The Bertz CT molecular complexity index is 742. The lowest BCUT2D eigenvalue weighted by molar-refractivity contribution is -0.121. The number of hydrogen-bond donors (Lipinski definition) is 1. The number of amides is 1. The van der Waals surface area contributed by atoms with Crippen molar-refractivity contribution >= 4 is 17.8 Å². The molecule has 0 saturated carbocycles. The van der Waals surface area contributed by atoms with Crippen LogP contribution in [0.2, 0.25) is 0 Å². The highest BCUT2D eigenvalue weighted by atomic mass is 19.1. The van der Waals surface area contributed by atoms with Crippen molar-refractivity contribution in [1.29, 1.82) is 0 Å². The number of nitrogens with zero attached hydrogens (tertiary/aromatic N) is 3. The second-order valence-corrected chi connectivity index (χ2v) is 6.26. The van der Waals surface area contributed by atoms with Crippen LogP contribution < -0.4 is 10.3 Å². The van der Waals surface area contributed by atoms with Crippen LogP contribution in [0.15, 0.2) is 59.7 Å². The number of rotatable bonds is 6. The quantitative estimate of drug-likeness (QED) is 0.640. The van der Waals surface area contributed by atoms with Gasteiger partial charge in [0.15, 0.2) is 0 Å². The molecule has 1 fully saturated rings. The molecule has 1 saturated heterocycles. The van der Waals surface area contributed by atoms with Crippen LogP contribution in [0.4, 0.5) is 10.1 Å². The van der Waals surface area contributed by atoms with E-state index >= 15 is 0 Å². The smallest absolute Gasteiger partial charge is 0.241 e. The van der Waals surface area contributed by atoms with Gasteiger partial charge in [-0.25, -0.2) is 9.82 Å². The molecule has 136 valence electrons. The predicted octanol–water partition coefficient (Wildman–Crippen LogP) is 2.49. The largest absolute Gasteiger partial charge is 0.369 e. The van der Waals surface area contributed by atoms with Gasteiger partial charge in [0.25, 0.3) is 0 Å². The normalized spacial score (nSPS) is 15.3. The summed E-state index contributed by atoms with van der Waals surface area (Å²) in [6.07, 6.45) is 1.84. The number of anilines is 1. The highest BCUT2D eigenvalue weighted by molar-refractivity contribution is 5.82. The summed E-state index contributed by atoms with van der Waals surface area (Å²) in [7, 11) is 0. The minimum absolute atomic E-state index is 0.136. The van der Waals surface area contributed by atoms with E-state index in [4.69, 9.17) is 0 Å². The molecule has 26 heavy (non-hydrogen) atoms. The summed E-state index contributed by atoms with van der Waals surface area (Å²) in [5, 5.41) is 3.88. The van der Waals surface area contributed by atoms with Crippen LogP contribution in [0.1, 0.15) is 12.0 Å². The Hall–Kier alpha value is -2.73. The molecule has 0 aromatic heterocycles. The molecule has 1 heterocycles. The summed E-state index contributed by atoms with van der Waals surface area (Å²) in [5.41, 5.74) is 4.36. The van der Waals surface area contributed by atoms with Crippen LogP contribution in [-0.4, -0.2) is 49.7 Å². The fourth-order valence-corrected chi connectivity index (χ4v) is 2.95. The maximum atomic E-state index is 13.1. The number of hydrogen-bond acceptors (Lipinski definition) is 4. The number of para-hydroxylation sites is 1. The van der Waals surface area contributed by atoms with Crippen molar-refractivity contribution in [2.45, 2.75) is 6.42 Å². The van der Waals surface area contributed by atoms with Crippen LogP contribution in [0.25, 0.3) is 0 Å². The summed E-state index contributed by atoms with van der Waals surface area (Å²) in [6.45, 7) is 4.51. The number of nitrogens with one attached hydrogen (secondary N) is 1. The Kier molecular flexibility index (Phi) is 6.33. The van der Waals surface area contributed by atoms with Crippen LogP contribution in [0.5, 0.6) is 0 Å². The lowest BCUT2D eigenvalue weighted by Gasteiger charge is -2.36. The number of piperazine rings is 1. The van der Waals surface area contributed by atoms with Gasteiger partial charge >= 0.3 is 0 Å². The third-order valence-corrected chi connectivity index (χ3v) is 4.40. The molecular weight excluding hydrogens is 331 g/mol. The molecule has 1 N–H and O–H groups in total. The lowest BCUT2D eigenvalue weighted by Crippen LogP contribution is -2.47.